The van der Waals surface area contributed by atoms with Crippen LogP contribution in [0.5, 0.6) is 0 Å². The SMILES string of the molecule is C[C@@H]1C=Cc2ccccc2[C@H]1NC(=O)OC(C)(C)C. The first-order valence-corrected chi connectivity index (χ1v) is 6.63. The molecule has 3 heteroatoms. The summed E-state index contributed by atoms with van der Waals surface area (Å²) in [5.41, 5.74) is 1.82. The average Bonchev–Trinajstić information content (AvgIpc) is 2.31. The van der Waals surface area contributed by atoms with Crippen molar-refractivity contribution in [1.82, 2.24) is 5.32 Å². The first-order chi connectivity index (χ1) is 8.87. The van der Waals surface area contributed by atoms with Crippen molar-refractivity contribution in [3.63, 3.8) is 0 Å². The van der Waals surface area contributed by atoms with Crippen LogP contribution in [0.3, 0.4) is 0 Å². The Morgan fingerprint density at radius 1 is 1.26 bits per heavy atom. The second-order valence-corrected chi connectivity index (χ2v) is 5.97. The Hall–Kier alpha value is -1.77. The van der Waals surface area contributed by atoms with Crippen molar-refractivity contribution in [2.45, 2.75) is 39.3 Å². The topological polar surface area (TPSA) is 38.3 Å². The van der Waals surface area contributed by atoms with Gasteiger partial charge in [-0.05, 0) is 37.8 Å². The van der Waals surface area contributed by atoms with Crippen molar-refractivity contribution in [2.75, 3.05) is 0 Å². The highest BCUT2D eigenvalue weighted by Crippen LogP contribution is 2.31. The Balaban J connectivity index is 2.16. The highest BCUT2D eigenvalue weighted by atomic mass is 16.6. The molecule has 19 heavy (non-hydrogen) atoms. The van der Waals surface area contributed by atoms with Gasteiger partial charge in [0, 0.05) is 0 Å². The summed E-state index contributed by atoms with van der Waals surface area (Å²) in [4.78, 5) is 11.9. The highest BCUT2D eigenvalue weighted by molar-refractivity contribution is 5.70. The van der Waals surface area contributed by atoms with Crippen molar-refractivity contribution in [3.8, 4) is 0 Å². The predicted octanol–water partition coefficient (Wildman–Crippen LogP) is 3.92. The lowest BCUT2D eigenvalue weighted by molar-refractivity contribution is 0.0493. The van der Waals surface area contributed by atoms with Crippen molar-refractivity contribution in [1.29, 1.82) is 0 Å². The van der Waals surface area contributed by atoms with Crippen molar-refractivity contribution < 1.29 is 9.53 Å². The zero-order valence-electron chi connectivity index (χ0n) is 11.9. The molecule has 1 aromatic rings. The number of amides is 1. The summed E-state index contributed by atoms with van der Waals surface area (Å²) in [6.07, 6.45) is 3.85. The van der Waals surface area contributed by atoms with E-state index >= 15 is 0 Å². The van der Waals surface area contributed by atoms with Crippen LogP contribution in [0.2, 0.25) is 0 Å². The zero-order valence-corrected chi connectivity index (χ0v) is 11.9. The number of rotatable bonds is 1. The van der Waals surface area contributed by atoms with Crippen LogP contribution in [-0.2, 0) is 4.74 Å². The molecule has 0 spiro atoms. The lowest BCUT2D eigenvalue weighted by Crippen LogP contribution is -2.37. The minimum absolute atomic E-state index is 0.0314. The van der Waals surface area contributed by atoms with E-state index < -0.39 is 5.60 Å². The standard InChI is InChI=1S/C16H21NO2/c1-11-9-10-12-7-5-6-8-13(12)14(11)17-15(18)19-16(2,3)4/h5-11,14H,1-4H3,(H,17,18)/t11-,14+/m1/s1. The number of hydrogen-bond donors (Lipinski definition) is 1. The minimum Gasteiger partial charge on any atom is -0.444 e. The van der Waals surface area contributed by atoms with Crippen molar-refractivity contribution in [2.24, 2.45) is 5.92 Å². The molecule has 0 aromatic heterocycles. The number of hydrogen-bond acceptors (Lipinski definition) is 2. The Morgan fingerprint density at radius 2 is 1.95 bits per heavy atom. The van der Waals surface area contributed by atoms with E-state index in [1.807, 2.05) is 32.9 Å². The molecule has 0 unspecified atom stereocenters. The molecule has 0 radical (unpaired) electrons. The molecule has 0 heterocycles. The second kappa shape index (κ2) is 5.08. The molecule has 1 aromatic carbocycles. The number of ether oxygens (including phenoxy) is 1. The van der Waals surface area contributed by atoms with Gasteiger partial charge in [-0.3, -0.25) is 0 Å². The molecule has 0 bridgehead atoms. The van der Waals surface area contributed by atoms with E-state index in [0.717, 1.165) is 11.1 Å². The van der Waals surface area contributed by atoms with Gasteiger partial charge in [-0.2, -0.15) is 0 Å². The molecule has 0 saturated heterocycles. The Bertz CT molecular complexity index is 500. The number of fused-ring (bicyclic) bond motifs is 1. The molecule has 1 aliphatic carbocycles. The maximum atomic E-state index is 11.9. The van der Waals surface area contributed by atoms with Crippen LogP contribution in [0.1, 0.15) is 44.9 Å². The van der Waals surface area contributed by atoms with Gasteiger partial charge in [0.1, 0.15) is 5.60 Å². The molecule has 1 amide bonds. The van der Waals surface area contributed by atoms with Gasteiger partial charge in [0.05, 0.1) is 6.04 Å². The smallest absolute Gasteiger partial charge is 0.408 e. The van der Waals surface area contributed by atoms with E-state index in [1.54, 1.807) is 0 Å². The molecular formula is C16H21NO2. The fourth-order valence-corrected chi connectivity index (χ4v) is 2.24. The van der Waals surface area contributed by atoms with Gasteiger partial charge in [-0.1, -0.05) is 43.3 Å². The zero-order chi connectivity index (χ0) is 14.0. The Labute approximate surface area is 114 Å². The predicted molar refractivity (Wildman–Crippen MR) is 76.8 cm³/mol. The lowest BCUT2D eigenvalue weighted by Gasteiger charge is -2.29. The summed E-state index contributed by atoms with van der Waals surface area (Å²) < 4.78 is 5.33. The van der Waals surface area contributed by atoms with Crippen LogP contribution in [-0.4, -0.2) is 11.7 Å². The van der Waals surface area contributed by atoms with Crippen LogP contribution < -0.4 is 5.32 Å². The van der Waals surface area contributed by atoms with Crippen LogP contribution in [0.4, 0.5) is 4.79 Å². The first kappa shape index (κ1) is 13.7. The third-order valence-corrected chi connectivity index (χ3v) is 3.11. The number of nitrogens with one attached hydrogen (secondary N) is 1. The molecule has 3 nitrogen and oxygen atoms in total. The quantitative estimate of drug-likeness (QED) is 0.830. The van der Waals surface area contributed by atoms with E-state index in [1.165, 1.54) is 0 Å². The second-order valence-electron chi connectivity index (χ2n) is 5.97. The largest absolute Gasteiger partial charge is 0.444 e. The van der Waals surface area contributed by atoms with Gasteiger partial charge in [-0.25, -0.2) is 4.79 Å². The summed E-state index contributed by atoms with van der Waals surface area (Å²) in [6, 6.07) is 8.08. The van der Waals surface area contributed by atoms with Gasteiger partial charge < -0.3 is 10.1 Å². The van der Waals surface area contributed by atoms with Gasteiger partial charge in [-0.15, -0.1) is 0 Å². The fourth-order valence-electron chi connectivity index (χ4n) is 2.24. The summed E-state index contributed by atoms with van der Waals surface area (Å²) in [7, 11) is 0. The lowest BCUT2D eigenvalue weighted by atomic mass is 9.86. The van der Waals surface area contributed by atoms with Crippen molar-refractivity contribution in [3.05, 3.63) is 41.5 Å². The van der Waals surface area contributed by atoms with E-state index in [0.29, 0.717) is 0 Å². The molecule has 2 rings (SSSR count). The number of alkyl carbamates (subject to hydrolysis) is 1. The Morgan fingerprint density at radius 3 is 2.63 bits per heavy atom. The van der Waals surface area contributed by atoms with Crippen LogP contribution in [0.25, 0.3) is 6.08 Å². The van der Waals surface area contributed by atoms with Gasteiger partial charge in [0.2, 0.25) is 0 Å². The summed E-state index contributed by atoms with van der Waals surface area (Å²) >= 11 is 0. The molecule has 1 N–H and O–H groups in total. The summed E-state index contributed by atoms with van der Waals surface area (Å²) in [5, 5.41) is 2.97. The van der Waals surface area contributed by atoms with E-state index in [4.69, 9.17) is 4.74 Å². The molecule has 102 valence electrons. The monoisotopic (exact) mass is 259 g/mol. The van der Waals surface area contributed by atoms with E-state index in [2.05, 4.69) is 36.5 Å². The van der Waals surface area contributed by atoms with Crippen LogP contribution in [0, 0.1) is 5.92 Å². The number of carbonyl (C=O) groups is 1. The summed E-state index contributed by atoms with van der Waals surface area (Å²) in [5.74, 6) is 0.252. The van der Waals surface area contributed by atoms with Crippen LogP contribution in [0.15, 0.2) is 30.3 Å². The maximum absolute atomic E-state index is 11.9. The first-order valence-electron chi connectivity index (χ1n) is 6.63. The maximum Gasteiger partial charge on any atom is 0.408 e. The van der Waals surface area contributed by atoms with E-state index in [-0.39, 0.29) is 18.1 Å². The van der Waals surface area contributed by atoms with Gasteiger partial charge in [0.15, 0.2) is 0 Å². The third-order valence-electron chi connectivity index (χ3n) is 3.11. The molecule has 2 atom stereocenters. The van der Waals surface area contributed by atoms with Crippen LogP contribution >= 0.6 is 0 Å². The third kappa shape index (κ3) is 3.37. The van der Waals surface area contributed by atoms with Crippen molar-refractivity contribution >= 4 is 12.2 Å². The normalized spacial score (nSPS) is 21.7. The minimum atomic E-state index is -0.475. The molecule has 1 aliphatic rings. The van der Waals surface area contributed by atoms with Gasteiger partial charge in [0.25, 0.3) is 0 Å². The highest BCUT2D eigenvalue weighted by Gasteiger charge is 2.26. The Kier molecular flexibility index (Phi) is 3.65. The van der Waals surface area contributed by atoms with E-state index in [9.17, 15) is 4.79 Å². The number of carbonyl (C=O) groups excluding carboxylic acids is 1. The average molecular weight is 259 g/mol. The summed E-state index contributed by atoms with van der Waals surface area (Å²) in [6.45, 7) is 7.69. The molecule has 0 fully saturated rings. The number of benzene rings is 1. The molecular weight excluding hydrogens is 238 g/mol. The fraction of sp³-hybridized carbons (Fsp3) is 0.438. The van der Waals surface area contributed by atoms with Gasteiger partial charge >= 0.3 is 6.09 Å². The molecule has 0 aliphatic heterocycles. The molecule has 0 saturated carbocycles.